The monoisotopic (exact) mass is 220 g/mol. The smallest absolute Gasteiger partial charge is 0.339 e. The number of aryl methyl sites for hydroxylation is 2. The highest BCUT2D eigenvalue weighted by Gasteiger charge is 2.18. The van der Waals surface area contributed by atoms with Gasteiger partial charge in [0.25, 0.3) is 0 Å². The summed E-state index contributed by atoms with van der Waals surface area (Å²) in [6, 6.07) is 3.51. The molecule has 16 heavy (non-hydrogen) atoms. The summed E-state index contributed by atoms with van der Waals surface area (Å²) in [5.41, 5.74) is 0.540. The Morgan fingerprint density at radius 1 is 1.56 bits per heavy atom. The third kappa shape index (κ3) is 1.71. The van der Waals surface area contributed by atoms with Crippen molar-refractivity contribution in [1.29, 1.82) is 0 Å². The van der Waals surface area contributed by atoms with Gasteiger partial charge in [-0.05, 0) is 26.0 Å². The van der Waals surface area contributed by atoms with Crippen LogP contribution in [0.3, 0.4) is 0 Å². The van der Waals surface area contributed by atoms with Crippen molar-refractivity contribution in [3.63, 3.8) is 0 Å². The summed E-state index contributed by atoms with van der Waals surface area (Å²) in [7, 11) is 0. The Bertz CT molecular complexity index is 525. The normalized spacial score (nSPS) is 10.6. The maximum Gasteiger partial charge on any atom is 0.339 e. The number of furan rings is 1. The molecular weight excluding hydrogens is 208 g/mol. The molecule has 2 rings (SSSR count). The molecule has 0 aliphatic heterocycles. The Kier molecular flexibility index (Phi) is 2.52. The topological polar surface area (TPSA) is 68.3 Å². The van der Waals surface area contributed by atoms with Crippen molar-refractivity contribution in [3.8, 4) is 11.5 Å². The quantitative estimate of drug-likeness (QED) is 0.860. The summed E-state index contributed by atoms with van der Waals surface area (Å²) < 4.78 is 6.96. The second-order valence-electron chi connectivity index (χ2n) is 3.46. The zero-order chi connectivity index (χ0) is 11.7. The van der Waals surface area contributed by atoms with E-state index in [9.17, 15) is 4.79 Å². The molecule has 0 saturated carbocycles. The van der Waals surface area contributed by atoms with Crippen molar-refractivity contribution >= 4 is 5.97 Å². The molecule has 0 atom stereocenters. The van der Waals surface area contributed by atoms with Gasteiger partial charge in [0.05, 0.1) is 0 Å². The van der Waals surface area contributed by atoms with E-state index in [1.807, 2.05) is 6.92 Å². The number of hydrogen-bond acceptors (Lipinski definition) is 3. The second-order valence-corrected chi connectivity index (χ2v) is 3.46. The molecule has 0 saturated heterocycles. The third-order valence-electron chi connectivity index (χ3n) is 2.29. The van der Waals surface area contributed by atoms with Crippen molar-refractivity contribution < 1.29 is 14.3 Å². The van der Waals surface area contributed by atoms with E-state index in [0.29, 0.717) is 18.0 Å². The molecule has 0 spiro atoms. The van der Waals surface area contributed by atoms with Gasteiger partial charge in [-0.1, -0.05) is 0 Å². The van der Waals surface area contributed by atoms with E-state index in [1.54, 1.807) is 23.7 Å². The van der Waals surface area contributed by atoms with Crippen LogP contribution in [0.4, 0.5) is 0 Å². The van der Waals surface area contributed by atoms with Gasteiger partial charge in [-0.2, -0.15) is 5.10 Å². The number of aromatic nitrogens is 2. The van der Waals surface area contributed by atoms with Gasteiger partial charge in [0.15, 0.2) is 5.76 Å². The van der Waals surface area contributed by atoms with E-state index < -0.39 is 5.97 Å². The molecule has 0 aliphatic carbocycles. The molecule has 0 aliphatic rings. The summed E-state index contributed by atoms with van der Waals surface area (Å²) in [6.07, 6.45) is 1.51. The summed E-state index contributed by atoms with van der Waals surface area (Å²) in [5.74, 6) is 0.225. The first-order valence-electron chi connectivity index (χ1n) is 4.99. The fraction of sp³-hybridized carbons (Fsp3) is 0.273. The van der Waals surface area contributed by atoms with E-state index >= 15 is 0 Å². The Morgan fingerprint density at radius 3 is 2.81 bits per heavy atom. The van der Waals surface area contributed by atoms with Gasteiger partial charge in [0, 0.05) is 12.7 Å². The average molecular weight is 220 g/mol. The number of hydrogen-bond donors (Lipinski definition) is 1. The van der Waals surface area contributed by atoms with Crippen molar-refractivity contribution in [2.24, 2.45) is 0 Å². The Morgan fingerprint density at radius 2 is 2.31 bits per heavy atom. The average Bonchev–Trinajstić information content (AvgIpc) is 2.82. The standard InChI is InChI=1S/C11H12N2O3/c1-3-13-6-8(11(14)15)10(12-13)9-5-4-7(2)16-9/h4-6H,3H2,1-2H3,(H,14,15). The maximum atomic E-state index is 11.0. The third-order valence-corrected chi connectivity index (χ3v) is 2.29. The largest absolute Gasteiger partial charge is 0.478 e. The summed E-state index contributed by atoms with van der Waals surface area (Å²) in [4.78, 5) is 11.0. The van der Waals surface area contributed by atoms with Crippen LogP contribution in [0.25, 0.3) is 11.5 Å². The molecule has 2 heterocycles. The lowest BCUT2D eigenvalue weighted by molar-refractivity contribution is 0.0697. The molecule has 0 fully saturated rings. The molecule has 5 nitrogen and oxygen atoms in total. The number of rotatable bonds is 3. The molecule has 84 valence electrons. The molecule has 1 N–H and O–H groups in total. The Hall–Kier alpha value is -2.04. The molecular formula is C11H12N2O3. The van der Waals surface area contributed by atoms with Gasteiger partial charge in [-0.3, -0.25) is 4.68 Å². The van der Waals surface area contributed by atoms with E-state index in [4.69, 9.17) is 9.52 Å². The van der Waals surface area contributed by atoms with Gasteiger partial charge in [-0.25, -0.2) is 4.79 Å². The fourth-order valence-electron chi connectivity index (χ4n) is 1.48. The molecule has 0 aromatic carbocycles. The van der Waals surface area contributed by atoms with E-state index in [-0.39, 0.29) is 5.56 Å². The first-order chi connectivity index (χ1) is 7.61. The number of aromatic carboxylic acids is 1. The zero-order valence-electron chi connectivity index (χ0n) is 9.10. The number of carbonyl (C=O) groups is 1. The lowest BCUT2D eigenvalue weighted by Gasteiger charge is -1.93. The minimum Gasteiger partial charge on any atom is -0.478 e. The highest BCUT2D eigenvalue weighted by atomic mass is 16.4. The predicted molar refractivity (Wildman–Crippen MR) is 57.3 cm³/mol. The SMILES string of the molecule is CCn1cc(C(=O)O)c(-c2ccc(C)o2)n1. The van der Waals surface area contributed by atoms with Crippen LogP contribution in [0.5, 0.6) is 0 Å². The number of nitrogens with zero attached hydrogens (tertiary/aromatic N) is 2. The molecule has 0 radical (unpaired) electrons. The highest BCUT2D eigenvalue weighted by molar-refractivity contribution is 5.93. The predicted octanol–water partition coefficient (Wildman–Crippen LogP) is 2.17. The molecule has 5 heteroatoms. The van der Waals surface area contributed by atoms with Crippen LogP contribution in [0, 0.1) is 6.92 Å². The Labute approximate surface area is 92.3 Å². The Balaban J connectivity index is 2.54. The van der Waals surface area contributed by atoms with Gasteiger partial charge in [0.2, 0.25) is 0 Å². The summed E-state index contributed by atoms with van der Waals surface area (Å²) >= 11 is 0. The minimum atomic E-state index is -0.997. The van der Waals surface area contributed by atoms with Gasteiger partial charge in [-0.15, -0.1) is 0 Å². The van der Waals surface area contributed by atoms with Crippen LogP contribution in [0.1, 0.15) is 23.0 Å². The highest BCUT2D eigenvalue weighted by Crippen LogP contribution is 2.24. The first kappa shape index (κ1) is 10.5. The number of carboxylic acids is 1. The van der Waals surface area contributed by atoms with Crippen LogP contribution in [-0.2, 0) is 6.54 Å². The fourth-order valence-corrected chi connectivity index (χ4v) is 1.48. The second kappa shape index (κ2) is 3.84. The van der Waals surface area contributed by atoms with E-state index in [0.717, 1.165) is 5.76 Å². The van der Waals surface area contributed by atoms with Crippen molar-refractivity contribution in [1.82, 2.24) is 9.78 Å². The van der Waals surface area contributed by atoms with Gasteiger partial charge >= 0.3 is 5.97 Å². The number of carboxylic acid groups (broad SMARTS) is 1. The molecule has 2 aromatic rings. The van der Waals surface area contributed by atoms with Crippen LogP contribution < -0.4 is 0 Å². The van der Waals surface area contributed by atoms with Crippen LogP contribution >= 0.6 is 0 Å². The maximum absolute atomic E-state index is 11.0. The summed E-state index contributed by atoms with van der Waals surface area (Å²) in [6.45, 7) is 4.33. The van der Waals surface area contributed by atoms with E-state index in [1.165, 1.54) is 6.20 Å². The van der Waals surface area contributed by atoms with Gasteiger partial charge < -0.3 is 9.52 Å². The summed E-state index contributed by atoms with van der Waals surface area (Å²) in [5, 5.41) is 13.2. The van der Waals surface area contributed by atoms with Crippen LogP contribution in [0.15, 0.2) is 22.7 Å². The van der Waals surface area contributed by atoms with Crippen molar-refractivity contribution in [3.05, 3.63) is 29.7 Å². The molecule has 0 amide bonds. The first-order valence-corrected chi connectivity index (χ1v) is 4.99. The van der Waals surface area contributed by atoms with Gasteiger partial charge in [0.1, 0.15) is 17.0 Å². The lowest BCUT2D eigenvalue weighted by atomic mass is 10.2. The zero-order valence-corrected chi connectivity index (χ0v) is 9.10. The molecule has 2 aromatic heterocycles. The van der Waals surface area contributed by atoms with E-state index in [2.05, 4.69) is 5.10 Å². The van der Waals surface area contributed by atoms with Crippen molar-refractivity contribution in [2.45, 2.75) is 20.4 Å². The molecule has 0 unspecified atom stereocenters. The van der Waals surface area contributed by atoms with Crippen LogP contribution in [0.2, 0.25) is 0 Å². The molecule has 0 bridgehead atoms. The van der Waals surface area contributed by atoms with Crippen LogP contribution in [-0.4, -0.2) is 20.9 Å². The lowest BCUT2D eigenvalue weighted by Crippen LogP contribution is -1.96. The van der Waals surface area contributed by atoms with Crippen molar-refractivity contribution in [2.75, 3.05) is 0 Å². The minimum absolute atomic E-state index is 0.163.